The van der Waals surface area contributed by atoms with Crippen LogP contribution in [-0.4, -0.2) is 28.5 Å². The molecule has 1 aromatic heterocycles. The molecule has 128 valence electrons. The van der Waals surface area contributed by atoms with Gasteiger partial charge in [-0.05, 0) is 38.8 Å². The summed E-state index contributed by atoms with van der Waals surface area (Å²) in [5.41, 5.74) is 4.38. The van der Waals surface area contributed by atoms with Gasteiger partial charge in [-0.15, -0.1) is 0 Å². The van der Waals surface area contributed by atoms with Crippen LogP contribution in [0.5, 0.6) is 5.75 Å². The van der Waals surface area contributed by atoms with Crippen molar-refractivity contribution in [3.05, 3.63) is 46.8 Å². The lowest BCUT2D eigenvalue weighted by Gasteiger charge is -2.17. The average Bonchev–Trinajstić information content (AvgIpc) is 2.98. The van der Waals surface area contributed by atoms with E-state index in [0.29, 0.717) is 6.54 Å². The summed E-state index contributed by atoms with van der Waals surface area (Å²) in [6, 6.07) is 7.52. The van der Waals surface area contributed by atoms with Gasteiger partial charge in [0, 0.05) is 24.8 Å². The van der Waals surface area contributed by atoms with Crippen molar-refractivity contribution < 1.29 is 9.53 Å². The predicted molar refractivity (Wildman–Crippen MR) is 92.2 cm³/mol. The number of aryl methyl sites for hydroxylation is 2. The van der Waals surface area contributed by atoms with Gasteiger partial charge in [0.05, 0.1) is 11.7 Å². The quantitative estimate of drug-likeness (QED) is 0.905. The molecule has 6 nitrogen and oxygen atoms in total. The summed E-state index contributed by atoms with van der Waals surface area (Å²) < 4.78 is 7.65. The number of carbonyl (C=O) groups excluding carboxylic acids is 1. The monoisotopic (exact) mass is 328 g/mol. The van der Waals surface area contributed by atoms with E-state index in [9.17, 15) is 4.79 Å². The van der Waals surface area contributed by atoms with Crippen molar-refractivity contribution in [3.8, 4) is 5.75 Å². The van der Waals surface area contributed by atoms with Crippen LogP contribution >= 0.6 is 0 Å². The Balaban J connectivity index is 1.55. The summed E-state index contributed by atoms with van der Waals surface area (Å²) in [4.78, 5) is 12.2. The molecule has 1 aromatic carbocycles. The molecular weight excluding hydrogens is 304 g/mol. The Hall–Kier alpha value is -2.50. The number of urea groups is 1. The highest BCUT2D eigenvalue weighted by Crippen LogP contribution is 2.35. The third-order valence-corrected chi connectivity index (χ3v) is 4.64. The SMILES string of the molecule is Cc1nn(C)c(C)c1CCNC(=O)NC1c2ccccc2OC1C. The summed E-state index contributed by atoms with van der Waals surface area (Å²) >= 11 is 0. The van der Waals surface area contributed by atoms with Crippen LogP contribution in [0.1, 0.15) is 35.5 Å². The van der Waals surface area contributed by atoms with Gasteiger partial charge in [-0.2, -0.15) is 5.10 Å². The van der Waals surface area contributed by atoms with E-state index in [1.165, 1.54) is 5.56 Å². The molecule has 3 rings (SSSR count). The molecule has 2 atom stereocenters. The maximum Gasteiger partial charge on any atom is 0.315 e. The van der Waals surface area contributed by atoms with Crippen LogP contribution < -0.4 is 15.4 Å². The van der Waals surface area contributed by atoms with Crippen molar-refractivity contribution in [2.75, 3.05) is 6.54 Å². The first-order valence-corrected chi connectivity index (χ1v) is 8.26. The number of fused-ring (bicyclic) bond motifs is 1. The number of ether oxygens (including phenoxy) is 1. The van der Waals surface area contributed by atoms with Gasteiger partial charge in [-0.1, -0.05) is 18.2 Å². The van der Waals surface area contributed by atoms with E-state index in [1.54, 1.807) is 0 Å². The number of nitrogens with zero attached hydrogens (tertiary/aromatic N) is 2. The fourth-order valence-electron chi connectivity index (χ4n) is 3.23. The highest BCUT2D eigenvalue weighted by Gasteiger charge is 2.31. The Morgan fingerprint density at radius 3 is 2.79 bits per heavy atom. The molecular formula is C18H24N4O2. The maximum atomic E-state index is 12.2. The van der Waals surface area contributed by atoms with Crippen LogP contribution in [0.4, 0.5) is 4.79 Å². The Morgan fingerprint density at radius 2 is 2.08 bits per heavy atom. The molecule has 6 heteroatoms. The fourth-order valence-corrected chi connectivity index (χ4v) is 3.23. The van der Waals surface area contributed by atoms with E-state index in [2.05, 4.69) is 15.7 Å². The van der Waals surface area contributed by atoms with Gasteiger partial charge in [0.25, 0.3) is 0 Å². The van der Waals surface area contributed by atoms with Crippen molar-refractivity contribution in [1.29, 1.82) is 0 Å². The smallest absolute Gasteiger partial charge is 0.315 e. The summed E-state index contributed by atoms with van der Waals surface area (Å²) in [7, 11) is 1.94. The fraction of sp³-hybridized carbons (Fsp3) is 0.444. The summed E-state index contributed by atoms with van der Waals surface area (Å²) in [5, 5.41) is 10.3. The van der Waals surface area contributed by atoms with Gasteiger partial charge < -0.3 is 15.4 Å². The first-order chi connectivity index (χ1) is 11.5. The molecule has 0 saturated heterocycles. The minimum atomic E-state index is -0.175. The number of amides is 2. The zero-order valence-corrected chi connectivity index (χ0v) is 14.6. The zero-order chi connectivity index (χ0) is 17.3. The lowest BCUT2D eigenvalue weighted by molar-refractivity contribution is 0.199. The molecule has 2 heterocycles. The Kier molecular flexibility index (Phi) is 4.46. The average molecular weight is 328 g/mol. The molecule has 0 bridgehead atoms. The van der Waals surface area contributed by atoms with Crippen molar-refractivity contribution in [2.24, 2.45) is 7.05 Å². The topological polar surface area (TPSA) is 68.2 Å². The van der Waals surface area contributed by atoms with Crippen LogP contribution in [-0.2, 0) is 13.5 Å². The molecule has 24 heavy (non-hydrogen) atoms. The van der Waals surface area contributed by atoms with Gasteiger partial charge in [0.2, 0.25) is 0 Å². The van der Waals surface area contributed by atoms with E-state index >= 15 is 0 Å². The lowest BCUT2D eigenvalue weighted by atomic mass is 10.1. The second kappa shape index (κ2) is 6.55. The Labute approximate surface area is 142 Å². The summed E-state index contributed by atoms with van der Waals surface area (Å²) in [6.07, 6.45) is 0.697. The van der Waals surface area contributed by atoms with Gasteiger partial charge in [-0.25, -0.2) is 4.79 Å². The maximum absolute atomic E-state index is 12.2. The van der Waals surface area contributed by atoms with Gasteiger partial charge in [0.1, 0.15) is 11.9 Å². The van der Waals surface area contributed by atoms with Gasteiger partial charge in [-0.3, -0.25) is 4.68 Å². The van der Waals surface area contributed by atoms with Crippen molar-refractivity contribution in [2.45, 2.75) is 39.3 Å². The Bertz CT molecular complexity index is 753. The molecule has 0 saturated carbocycles. The molecule has 2 N–H and O–H groups in total. The lowest BCUT2D eigenvalue weighted by Crippen LogP contribution is -2.41. The second-order valence-corrected chi connectivity index (χ2v) is 6.26. The van der Waals surface area contributed by atoms with E-state index in [0.717, 1.165) is 29.1 Å². The minimum absolute atomic E-state index is 0.0732. The van der Waals surface area contributed by atoms with E-state index in [4.69, 9.17) is 4.74 Å². The summed E-state index contributed by atoms with van der Waals surface area (Å²) in [6.45, 7) is 6.58. The van der Waals surface area contributed by atoms with Crippen LogP contribution in [0.2, 0.25) is 0 Å². The van der Waals surface area contributed by atoms with E-state index < -0.39 is 0 Å². The standard InChI is InChI=1S/C18H24N4O2/c1-11-14(12(2)22(4)21-11)9-10-19-18(23)20-17-13(3)24-16-8-6-5-7-15(16)17/h5-8,13,17H,9-10H2,1-4H3,(H2,19,20,23). The number of hydrogen-bond acceptors (Lipinski definition) is 3. The third-order valence-electron chi connectivity index (χ3n) is 4.64. The second-order valence-electron chi connectivity index (χ2n) is 6.26. The molecule has 0 spiro atoms. The van der Waals surface area contributed by atoms with Crippen LogP contribution in [0, 0.1) is 13.8 Å². The number of rotatable bonds is 4. The number of nitrogens with one attached hydrogen (secondary N) is 2. The highest BCUT2D eigenvalue weighted by atomic mass is 16.5. The molecule has 2 amide bonds. The molecule has 2 unspecified atom stereocenters. The van der Waals surface area contributed by atoms with Crippen molar-refractivity contribution in [3.63, 3.8) is 0 Å². The number of carbonyl (C=O) groups is 1. The molecule has 0 aliphatic carbocycles. The van der Waals surface area contributed by atoms with Crippen LogP contribution in [0.15, 0.2) is 24.3 Å². The zero-order valence-electron chi connectivity index (χ0n) is 14.6. The largest absolute Gasteiger partial charge is 0.488 e. The predicted octanol–water partition coefficient (Wildman–Crippen LogP) is 2.40. The molecule has 2 aromatic rings. The highest BCUT2D eigenvalue weighted by molar-refractivity contribution is 5.75. The molecule has 0 fully saturated rings. The third kappa shape index (κ3) is 3.09. The van der Waals surface area contributed by atoms with Crippen molar-refractivity contribution >= 4 is 6.03 Å². The summed E-state index contributed by atoms with van der Waals surface area (Å²) in [5.74, 6) is 0.844. The van der Waals surface area contributed by atoms with E-state index in [1.807, 2.05) is 56.8 Å². The number of benzene rings is 1. The van der Waals surface area contributed by atoms with Gasteiger partial charge >= 0.3 is 6.03 Å². The first-order valence-electron chi connectivity index (χ1n) is 8.26. The van der Waals surface area contributed by atoms with Crippen LogP contribution in [0.25, 0.3) is 0 Å². The number of para-hydroxylation sites is 1. The minimum Gasteiger partial charge on any atom is -0.488 e. The molecule has 1 aliphatic heterocycles. The first kappa shape index (κ1) is 16.4. The normalized spacial score (nSPS) is 18.8. The van der Waals surface area contributed by atoms with E-state index in [-0.39, 0.29) is 18.2 Å². The van der Waals surface area contributed by atoms with Gasteiger partial charge in [0.15, 0.2) is 0 Å². The molecule has 0 radical (unpaired) electrons. The van der Waals surface area contributed by atoms with Crippen LogP contribution in [0.3, 0.4) is 0 Å². The number of hydrogen-bond donors (Lipinski definition) is 2. The Morgan fingerprint density at radius 1 is 1.33 bits per heavy atom. The number of aromatic nitrogens is 2. The molecule has 1 aliphatic rings. The van der Waals surface area contributed by atoms with Crippen molar-refractivity contribution in [1.82, 2.24) is 20.4 Å².